The van der Waals surface area contributed by atoms with E-state index < -0.39 is 11.6 Å². The zero-order valence-corrected chi connectivity index (χ0v) is 16.4. The van der Waals surface area contributed by atoms with E-state index in [2.05, 4.69) is 25.4 Å². The molecule has 0 aliphatic rings. The maximum Gasteiger partial charge on any atom is 0.190 e. The highest BCUT2D eigenvalue weighted by Gasteiger charge is 2.17. The van der Waals surface area contributed by atoms with Crippen molar-refractivity contribution in [2.24, 2.45) is 0 Å². The van der Waals surface area contributed by atoms with E-state index in [0.29, 0.717) is 5.56 Å². The van der Waals surface area contributed by atoms with Crippen LogP contribution in [0.1, 0.15) is 5.56 Å². The molecule has 7 nitrogen and oxygen atoms in total. The summed E-state index contributed by atoms with van der Waals surface area (Å²) in [7, 11) is 4.03. The average Bonchev–Trinajstić information content (AvgIpc) is 3.17. The predicted molar refractivity (Wildman–Crippen MR) is 110 cm³/mol. The van der Waals surface area contributed by atoms with Gasteiger partial charge in [-0.15, -0.1) is 5.10 Å². The van der Waals surface area contributed by atoms with Crippen molar-refractivity contribution in [1.82, 2.24) is 30.1 Å². The van der Waals surface area contributed by atoms with E-state index in [4.69, 9.17) is 5.73 Å². The molecule has 4 aromatic rings. The van der Waals surface area contributed by atoms with Crippen molar-refractivity contribution in [3.63, 3.8) is 0 Å². The Balaban J connectivity index is 1.74. The molecule has 0 fully saturated rings. The third-order valence-electron chi connectivity index (χ3n) is 4.51. The minimum atomic E-state index is -0.732. The zero-order chi connectivity index (χ0) is 21.3. The maximum atomic E-state index is 13.7. The molecule has 0 spiro atoms. The van der Waals surface area contributed by atoms with E-state index in [1.807, 2.05) is 38.4 Å². The molecular weight excluding hydrogens is 388 g/mol. The van der Waals surface area contributed by atoms with E-state index in [0.717, 1.165) is 35.9 Å². The van der Waals surface area contributed by atoms with E-state index >= 15 is 0 Å². The number of hydrogen-bond donors (Lipinski definition) is 1. The van der Waals surface area contributed by atoms with Gasteiger partial charge < -0.3 is 10.6 Å². The van der Waals surface area contributed by atoms with Crippen molar-refractivity contribution in [1.29, 1.82) is 0 Å². The first-order valence-corrected chi connectivity index (χ1v) is 9.15. The first kappa shape index (κ1) is 19.6. The van der Waals surface area contributed by atoms with E-state index in [1.54, 1.807) is 12.3 Å². The van der Waals surface area contributed by atoms with Gasteiger partial charge in [0.15, 0.2) is 5.82 Å². The van der Waals surface area contributed by atoms with E-state index in [-0.39, 0.29) is 17.3 Å². The predicted octanol–water partition coefficient (Wildman–Crippen LogP) is 3.31. The monoisotopic (exact) mass is 407 g/mol. The first-order valence-electron chi connectivity index (χ1n) is 9.15. The largest absolute Gasteiger partial charge is 0.383 e. The lowest BCUT2D eigenvalue weighted by atomic mass is 10.0. The molecule has 0 amide bonds. The Bertz CT molecular complexity index is 1170. The van der Waals surface area contributed by atoms with Crippen LogP contribution in [0, 0.1) is 11.6 Å². The van der Waals surface area contributed by atoms with Gasteiger partial charge >= 0.3 is 0 Å². The number of benzene rings is 2. The molecule has 0 saturated heterocycles. The van der Waals surface area contributed by atoms with Gasteiger partial charge in [-0.2, -0.15) is 4.68 Å². The SMILES string of the molecule is CN(C)Cc1ccc(-c2cnc(N)c(-c3nnnn3-c3cc(F)cc(F)c3)c2)cc1. The summed E-state index contributed by atoms with van der Waals surface area (Å²) < 4.78 is 28.6. The zero-order valence-electron chi connectivity index (χ0n) is 16.4. The molecule has 2 heterocycles. The van der Waals surface area contributed by atoms with Crippen LogP contribution in [0.5, 0.6) is 0 Å². The van der Waals surface area contributed by atoms with Gasteiger partial charge in [0.2, 0.25) is 0 Å². The number of rotatable bonds is 5. The normalized spacial score (nSPS) is 11.2. The first-order chi connectivity index (χ1) is 14.4. The Morgan fingerprint density at radius 3 is 2.33 bits per heavy atom. The van der Waals surface area contributed by atoms with Crippen LogP contribution in [-0.2, 0) is 6.54 Å². The Morgan fingerprint density at radius 2 is 1.67 bits per heavy atom. The van der Waals surface area contributed by atoms with Crippen LogP contribution in [0.3, 0.4) is 0 Å². The minimum absolute atomic E-state index is 0.144. The van der Waals surface area contributed by atoms with Crippen LogP contribution in [0.2, 0.25) is 0 Å². The molecule has 0 aliphatic carbocycles. The van der Waals surface area contributed by atoms with E-state index in [1.165, 1.54) is 10.2 Å². The highest BCUT2D eigenvalue weighted by atomic mass is 19.1. The second-order valence-electron chi connectivity index (χ2n) is 7.13. The summed E-state index contributed by atoms with van der Waals surface area (Å²) >= 11 is 0. The second kappa shape index (κ2) is 7.96. The topological polar surface area (TPSA) is 85.8 Å². The van der Waals surface area contributed by atoms with Gasteiger partial charge in [0.25, 0.3) is 0 Å². The molecule has 30 heavy (non-hydrogen) atoms. The lowest BCUT2D eigenvalue weighted by Crippen LogP contribution is -2.10. The van der Waals surface area contributed by atoms with Gasteiger partial charge in [0.05, 0.1) is 11.3 Å². The number of nitrogen functional groups attached to an aromatic ring is 1. The molecule has 0 aliphatic heterocycles. The Labute approximate surface area is 171 Å². The molecule has 2 aromatic carbocycles. The van der Waals surface area contributed by atoms with Crippen LogP contribution in [0.4, 0.5) is 14.6 Å². The molecule has 2 aromatic heterocycles. The smallest absolute Gasteiger partial charge is 0.190 e. The van der Waals surface area contributed by atoms with Crippen LogP contribution < -0.4 is 5.73 Å². The van der Waals surface area contributed by atoms with Crippen LogP contribution in [0.25, 0.3) is 28.2 Å². The van der Waals surface area contributed by atoms with Gasteiger partial charge in [-0.1, -0.05) is 24.3 Å². The van der Waals surface area contributed by atoms with Crippen molar-refractivity contribution in [2.75, 3.05) is 19.8 Å². The summed E-state index contributed by atoms with van der Waals surface area (Å²) in [6, 6.07) is 13.0. The quantitative estimate of drug-likeness (QED) is 0.546. The molecule has 9 heteroatoms. The molecule has 2 N–H and O–H groups in total. The van der Waals surface area contributed by atoms with Crippen molar-refractivity contribution in [3.8, 4) is 28.2 Å². The van der Waals surface area contributed by atoms with Gasteiger partial charge in [-0.3, -0.25) is 0 Å². The summed E-state index contributed by atoms with van der Waals surface area (Å²) in [5.74, 6) is -1.03. The summed E-state index contributed by atoms with van der Waals surface area (Å²) in [6.45, 7) is 0.838. The molecule has 0 bridgehead atoms. The number of aromatic nitrogens is 5. The third-order valence-corrected chi connectivity index (χ3v) is 4.51. The van der Waals surface area contributed by atoms with Gasteiger partial charge in [0, 0.05) is 24.4 Å². The maximum absolute atomic E-state index is 13.7. The number of pyridine rings is 1. The summed E-state index contributed by atoms with van der Waals surface area (Å²) in [4.78, 5) is 6.35. The third kappa shape index (κ3) is 4.01. The number of anilines is 1. The lowest BCUT2D eigenvalue weighted by Gasteiger charge is -2.11. The highest BCUT2D eigenvalue weighted by Crippen LogP contribution is 2.29. The van der Waals surface area contributed by atoms with Crippen LogP contribution >= 0.6 is 0 Å². The molecule has 4 rings (SSSR count). The van der Waals surface area contributed by atoms with Crippen molar-refractivity contribution in [2.45, 2.75) is 6.54 Å². The fourth-order valence-corrected chi connectivity index (χ4v) is 3.17. The lowest BCUT2D eigenvalue weighted by molar-refractivity contribution is 0.402. The highest BCUT2D eigenvalue weighted by molar-refractivity contribution is 5.76. The van der Waals surface area contributed by atoms with Crippen molar-refractivity contribution < 1.29 is 8.78 Å². The fraction of sp³-hybridized carbons (Fsp3) is 0.143. The van der Waals surface area contributed by atoms with Gasteiger partial charge in [-0.05, 0) is 53.8 Å². The summed E-state index contributed by atoms with van der Waals surface area (Å²) in [5.41, 5.74) is 9.62. The molecule has 152 valence electrons. The number of halogens is 2. The summed E-state index contributed by atoms with van der Waals surface area (Å²) in [6.07, 6.45) is 1.66. The Morgan fingerprint density at radius 1 is 0.967 bits per heavy atom. The summed E-state index contributed by atoms with van der Waals surface area (Å²) in [5, 5.41) is 11.5. The molecular formula is C21H19F2N7. The molecule has 0 unspecified atom stereocenters. The standard InChI is InChI=1S/C21H19F2N7/c1-29(2)12-13-3-5-14(6-4-13)15-7-19(20(24)25-11-15)21-26-27-28-30(21)18-9-16(22)8-17(23)10-18/h3-11H,12H2,1-2H3,(H2,24,25). The Hall–Kier alpha value is -3.72. The van der Waals surface area contributed by atoms with Gasteiger partial charge in [0.1, 0.15) is 17.5 Å². The van der Waals surface area contributed by atoms with Crippen LogP contribution in [0.15, 0.2) is 54.7 Å². The average molecular weight is 407 g/mol. The number of nitrogens with zero attached hydrogens (tertiary/aromatic N) is 6. The van der Waals surface area contributed by atoms with Crippen molar-refractivity contribution in [3.05, 3.63) is 71.9 Å². The second-order valence-corrected chi connectivity index (χ2v) is 7.13. The Kier molecular flexibility index (Phi) is 5.20. The molecule has 0 saturated carbocycles. The number of hydrogen-bond acceptors (Lipinski definition) is 6. The van der Waals surface area contributed by atoms with E-state index in [9.17, 15) is 8.78 Å². The van der Waals surface area contributed by atoms with Gasteiger partial charge in [-0.25, -0.2) is 13.8 Å². The fourth-order valence-electron chi connectivity index (χ4n) is 3.17. The minimum Gasteiger partial charge on any atom is -0.383 e. The molecule has 0 atom stereocenters. The van der Waals surface area contributed by atoms with Crippen LogP contribution in [-0.4, -0.2) is 44.2 Å². The number of nitrogens with two attached hydrogens (primary N) is 1. The molecule has 0 radical (unpaired) electrons. The number of tetrazole rings is 1. The van der Waals surface area contributed by atoms with Crippen molar-refractivity contribution >= 4 is 5.82 Å².